The molecule has 3 aliphatic heterocycles. The Morgan fingerprint density at radius 2 is 0.959 bits per heavy atom. The van der Waals surface area contributed by atoms with Gasteiger partial charge in [0.15, 0.2) is 0 Å². The van der Waals surface area contributed by atoms with Gasteiger partial charge in [0.05, 0.1) is 39.3 Å². The van der Waals surface area contributed by atoms with E-state index in [1.54, 1.807) is 65.8 Å². The number of alkyl halides is 2. The number of nitrogens with one attached hydrogen (secondary N) is 7. The van der Waals surface area contributed by atoms with Gasteiger partial charge in [-0.3, -0.25) is 38.4 Å². The zero-order valence-electron chi connectivity index (χ0n) is 69.6. The van der Waals surface area contributed by atoms with Crippen LogP contribution in [0.15, 0.2) is 119 Å². The lowest BCUT2D eigenvalue weighted by molar-refractivity contribution is -0.157. The fraction of sp³-hybridized carbons (Fsp3) is 0.506. The first-order valence-corrected chi connectivity index (χ1v) is 37.7. The molecular formula is C79H108F2N14O26. The van der Waals surface area contributed by atoms with Crippen LogP contribution in [-0.2, 0) is 121 Å². The van der Waals surface area contributed by atoms with Gasteiger partial charge in [-0.25, -0.2) is 33.6 Å². The molecule has 10 N–H and O–H groups in total. The second-order valence-electron chi connectivity index (χ2n) is 28.6. The first kappa shape index (κ1) is 106. The number of benzene rings is 4. The van der Waals surface area contributed by atoms with E-state index < -0.39 is 150 Å². The summed E-state index contributed by atoms with van der Waals surface area (Å²) in [7, 11) is 0. The van der Waals surface area contributed by atoms with Crippen LogP contribution >= 0.6 is 0 Å². The first-order valence-electron chi connectivity index (χ1n) is 37.7. The van der Waals surface area contributed by atoms with E-state index in [0.29, 0.717) is 76.0 Å². The fourth-order valence-corrected chi connectivity index (χ4v) is 9.64. The number of alkyl carbamates (subject to hydrolysis) is 3. The largest absolute Gasteiger partial charge is 0.489 e. The minimum Gasteiger partial charge on any atom is -0.489 e. The smallest absolute Gasteiger partial charge is 0.415 e. The lowest BCUT2D eigenvalue weighted by Gasteiger charge is -2.26. The van der Waals surface area contributed by atoms with Crippen molar-refractivity contribution in [3.8, 4) is 11.5 Å². The van der Waals surface area contributed by atoms with E-state index in [-0.39, 0.29) is 45.1 Å². The highest BCUT2D eigenvalue weighted by molar-refractivity contribution is 5.98. The van der Waals surface area contributed by atoms with Gasteiger partial charge in [-0.1, -0.05) is 123 Å². The van der Waals surface area contributed by atoms with Gasteiger partial charge in [0, 0.05) is 69.6 Å². The van der Waals surface area contributed by atoms with Crippen LogP contribution in [-0.4, -0.2) is 201 Å². The number of carbonyl (C=O) groups excluding carboxylic acids is 14. The number of aliphatic carboxylic acids is 1. The van der Waals surface area contributed by atoms with Crippen molar-refractivity contribution < 1.29 is 133 Å². The number of rotatable bonds is 36. The summed E-state index contributed by atoms with van der Waals surface area (Å²) in [6, 6.07) is 28.6. The fourth-order valence-electron chi connectivity index (χ4n) is 9.64. The number of amides is 7. The van der Waals surface area contributed by atoms with Gasteiger partial charge in [-0.2, -0.15) is 8.78 Å². The molecule has 0 saturated carbocycles. The predicted molar refractivity (Wildman–Crippen MR) is 426 cm³/mol. The third-order valence-corrected chi connectivity index (χ3v) is 14.6. The molecule has 4 aromatic rings. The van der Waals surface area contributed by atoms with Crippen molar-refractivity contribution in [1.29, 1.82) is 0 Å². The van der Waals surface area contributed by atoms with Crippen molar-refractivity contribution >= 4 is 89.7 Å². The molecule has 40 nitrogen and oxygen atoms in total. The number of esters is 7. The maximum atomic E-state index is 13.9. The molecule has 0 aromatic heterocycles. The summed E-state index contributed by atoms with van der Waals surface area (Å²) in [5, 5.41) is 31.6. The highest BCUT2D eigenvalue weighted by atomic mass is 19.3. The minimum atomic E-state index is -3.23. The average Bonchev–Trinajstić information content (AvgIpc) is 1.77. The highest BCUT2D eigenvalue weighted by Crippen LogP contribution is 2.20. The van der Waals surface area contributed by atoms with Gasteiger partial charge in [0.2, 0.25) is 23.6 Å². The average molecular weight is 1710 g/mol. The van der Waals surface area contributed by atoms with E-state index in [1.807, 2.05) is 113 Å². The summed E-state index contributed by atoms with van der Waals surface area (Å²) in [6.45, 7) is 24.8. The van der Waals surface area contributed by atoms with E-state index in [1.165, 1.54) is 20.8 Å². The zero-order valence-corrected chi connectivity index (χ0v) is 69.6. The maximum absolute atomic E-state index is 13.9. The molecule has 3 heterocycles. The molecule has 0 bridgehead atoms. The van der Waals surface area contributed by atoms with Gasteiger partial charge in [-0.05, 0) is 124 Å². The molecule has 0 unspecified atom stereocenters. The number of halogens is 2. The number of cyclic esters (lactones) is 6. The van der Waals surface area contributed by atoms with Crippen LogP contribution in [0.3, 0.4) is 0 Å². The van der Waals surface area contributed by atoms with E-state index in [9.17, 15) is 75.9 Å². The van der Waals surface area contributed by atoms with Crippen molar-refractivity contribution in [3.63, 3.8) is 0 Å². The number of nitrogens with two attached hydrogens (primary N) is 1. The number of nitrogens with zero attached hydrogens (tertiary/aromatic N) is 6. The Morgan fingerprint density at radius 3 is 1.35 bits per heavy atom. The maximum Gasteiger partial charge on any atom is 0.415 e. The number of azide groups is 2. The molecule has 121 heavy (non-hydrogen) atoms. The summed E-state index contributed by atoms with van der Waals surface area (Å²) < 4.78 is 70.2. The van der Waals surface area contributed by atoms with Crippen LogP contribution in [0, 0.1) is 11.8 Å². The molecule has 3 fully saturated rings. The SMILES string of the molecule is CC(=O)N[C@H](CC(C)C)C(=O)N[C@@H](Cc1ccc(OCc2ccccc2)cc1)C(=O)N[C@@H](CC(=O)OC(C)(C)C)C(=O)NCCOCCN=[N+]=[N-].CC(=O)OC(C)=O.CC(C)(C)OC(=O)C[C@@H]1NC(=O)OC1=O.CC(C)C[C@H]1NC(=O)OC1=O.O=C(O)C(F)F.O=C1N[C@@H](Cc2ccc(OCc3ccccc3)cc2)C(=O)O1.[N-]=[N+]=NCCOCCN. The van der Waals surface area contributed by atoms with E-state index >= 15 is 0 Å². The highest BCUT2D eigenvalue weighted by Gasteiger charge is 2.37. The van der Waals surface area contributed by atoms with Crippen LogP contribution in [0.5, 0.6) is 11.5 Å². The summed E-state index contributed by atoms with van der Waals surface area (Å²) in [6.07, 6.45) is -4.66. The van der Waals surface area contributed by atoms with Crippen LogP contribution in [0.2, 0.25) is 0 Å². The molecule has 0 radical (unpaired) electrons. The number of carboxylic acid groups (broad SMARTS) is 1. The Labute approximate surface area is 697 Å². The molecule has 6 atom stereocenters. The Hall–Kier alpha value is -12.9. The minimum absolute atomic E-state index is 0.0187. The number of carboxylic acids is 1. The zero-order chi connectivity index (χ0) is 91.2. The summed E-state index contributed by atoms with van der Waals surface area (Å²) in [5.74, 6) is -6.79. The number of ether oxygens (including phenoxy) is 10. The third-order valence-electron chi connectivity index (χ3n) is 14.6. The monoisotopic (exact) mass is 1710 g/mol. The second-order valence-corrected chi connectivity index (χ2v) is 28.6. The van der Waals surface area contributed by atoms with Gasteiger partial charge >= 0.3 is 72.5 Å². The van der Waals surface area contributed by atoms with E-state index in [2.05, 4.69) is 76.2 Å². The summed E-state index contributed by atoms with van der Waals surface area (Å²) in [4.78, 5) is 176. The molecule has 4 aromatic carbocycles. The quantitative estimate of drug-likeness (QED) is 0.00401. The summed E-state index contributed by atoms with van der Waals surface area (Å²) >= 11 is 0. The van der Waals surface area contributed by atoms with Crippen molar-refractivity contribution in [2.75, 3.05) is 52.6 Å². The van der Waals surface area contributed by atoms with Crippen molar-refractivity contribution in [2.45, 2.75) is 196 Å². The third kappa shape index (κ3) is 52.5. The Morgan fingerprint density at radius 1 is 0.537 bits per heavy atom. The molecule has 0 aliphatic carbocycles. The van der Waals surface area contributed by atoms with Crippen LogP contribution < -0.4 is 52.4 Å². The lowest BCUT2D eigenvalue weighted by atomic mass is 10.0. The van der Waals surface area contributed by atoms with Crippen LogP contribution in [0.25, 0.3) is 20.9 Å². The Balaban J connectivity index is 0.000000844. The second kappa shape index (κ2) is 58.1. The standard InChI is InChI=1S/C36H51N7O8.C17H15NO4.C9H13NO5.C7H11NO3.C4H10N4O.C4H6O3.C2H2F2O2/c1-24(2)20-29(40-25(3)44)34(47)41-30(21-26-12-14-28(15-13-26)50-23-27-10-8-7-9-11-27)35(48)42-31(22-32(45)51-36(4,5)6)33(46)38-16-18-49-19-17-39-43-37;19-16-15(18-17(20)22-16)10-12-6-8-14(9-7-12)21-11-13-4-2-1-3-5-13;1-9(2,3)15-6(11)4-5-7(12)14-8(13)10-5;1-4(2)3-5-6(9)11-7(10)8-5;5-1-3-9-4-2-7-8-6;1-3(5)7-4(2)6;3-1(4)2(5)6/h7-15,24,29-31H,16-23H2,1-6H3,(H,38,46)(H,40,44)(H,41,47)(H,42,48);1-9,15H,10-11H2,(H,18,20);5H,4H2,1-3H3,(H,10,13);4-5H,3H2,1-2H3,(H,8,10);1-5H2;1-2H3;1H,(H,5,6)/t29-,30+,31+;15-;2*5-;;;/m1001.../s1. The van der Waals surface area contributed by atoms with Crippen molar-refractivity contribution in [3.05, 3.63) is 152 Å². The molecule has 3 aliphatic rings. The molecule has 664 valence electrons. The number of carbonyl (C=O) groups is 15. The molecular weight excluding hydrogens is 1600 g/mol. The topological polar surface area (TPSA) is 576 Å². The van der Waals surface area contributed by atoms with E-state index in [4.69, 9.17) is 55.1 Å². The van der Waals surface area contributed by atoms with Gasteiger partial charge < -0.3 is 95.4 Å². The van der Waals surface area contributed by atoms with Gasteiger partial charge in [0.1, 0.15) is 72.2 Å². The Bertz CT molecular complexity index is 4070. The predicted octanol–water partition coefficient (Wildman–Crippen LogP) is 7.67. The lowest BCUT2D eigenvalue weighted by Crippen LogP contribution is -2.58. The van der Waals surface area contributed by atoms with E-state index in [0.717, 1.165) is 22.4 Å². The first-order chi connectivity index (χ1) is 56.9. The van der Waals surface area contributed by atoms with Crippen LogP contribution in [0.4, 0.5) is 23.2 Å². The van der Waals surface area contributed by atoms with Crippen molar-refractivity contribution in [1.82, 2.24) is 37.2 Å². The summed E-state index contributed by atoms with van der Waals surface area (Å²) in [5.41, 5.74) is 23.5. The van der Waals surface area contributed by atoms with Crippen LogP contribution in [0.1, 0.15) is 138 Å². The molecule has 7 amide bonds. The molecule has 3 saturated heterocycles. The van der Waals surface area contributed by atoms with Gasteiger partial charge in [0.25, 0.3) is 0 Å². The molecule has 7 rings (SSSR count). The van der Waals surface area contributed by atoms with Gasteiger partial charge in [-0.15, -0.1) is 0 Å². The number of hydrogen-bond acceptors (Lipinski definition) is 28. The number of hydrogen-bond donors (Lipinski definition) is 9. The molecule has 0 spiro atoms. The normalized spacial score (nSPS) is 14.8. The van der Waals surface area contributed by atoms with Crippen molar-refractivity contribution in [2.24, 2.45) is 27.8 Å². The Kier molecular flexibility index (Phi) is 50.9. The molecule has 42 heteroatoms.